The van der Waals surface area contributed by atoms with Gasteiger partial charge in [0.15, 0.2) is 0 Å². The van der Waals surface area contributed by atoms with Crippen molar-refractivity contribution >= 4 is 10.1 Å². The molecule has 2 unspecified atom stereocenters. The largest absolute Gasteiger partial charge is 0.269 e. The summed E-state index contributed by atoms with van der Waals surface area (Å²) in [5, 5.41) is 0. The van der Waals surface area contributed by atoms with Crippen LogP contribution in [0, 0.1) is 17.8 Å². The van der Waals surface area contributed by atoms with Gasteiger partial charge in [-0.05, 0) is 20.3 Å². The van der Waals surface area contributed by atoms with Gasteiger partial charge in [-0.15, -0.1) is 6.42 Å². The molecule has 0 spiro atoms. The van der Waals surface area contributed by atoms with Crippen molar-refractivity contribution < 1.29 is 12.6 Å². The van der Waals surface area contributed by atoms with Crippen LogP contribution < -0.4 is 0 Å². The maximum atomic E-state index is 11.1. The van der Waals surface area contributed by atoms with E-state index in [1.807, 2.05) is 0 Å². The Hall–Kier alpha value is -0.530. The summed E-state index contributed by atoms with van der Waals surface area (Å²) in [6.07, 6.45) is 5.55. The van der Waals surface area contributed by atoms with Gasteiger partial charge in [-0.25, -0.2) is 0 Å². The summed E-state index contributed by atoms with van der Waals surface area (Å²) in [4.78, 5) is 0. The number of hydrogen-bond acceptors (Lipinski definition) is 3. The fourth-order valence-electron chi connectivity index (χ4n) is 1.50. The van der Waals surface area contributed by atoms with Gasteiger partial charge in [0, 0.05) is 5.41 Å². The lowest BCUT2D eigenvalue weighted by Gasteiger charge is -2.31. The van der Waals surface area contributed by atoms with Crippen LogP contribution in [0.15, 0.2) is 0 Å². The van der Waals surface area contributed by atoms with Crippen molar-refractivity contribution in [3.8, 4) is 12.3 Å². The summed E-state index contributed by atoms with van der Waals surface area (Å²) in [6, 6.07) is 0. The Morgan fingerprint density at radius 1 is 1.67 bits per heavy atom. The highest BCUT2D eigenvalue weighted by Gasteiger charge is 2.37. The third-order valence-electron chi connectivity index (χ3n) is 1.89. The van der Waals surface area contributed by atoms with E-state index in [0.717, 1.165) is 0 Å². The predicted molar refractivity (Wildman–Crippen MR) is 45.9 cm³/mol. The minimum absolute atomic E-state index is 0.0686. The molecule has 0 aromatic heterocycles. The molecule has 0 aliphatic carbocycles. The number of rotatable bonds is 0. The van der Waals surface area contributed by atoms with Crippen LogP contribution in [0.4, 0.5) is 0 Å². The van der Waals surface area contributed by atoms with E-state index in [4.69, 9.17) is 10.6 Å². The second-order valence-corrected chi connectivity index (χ2v) is 5.11. The lowest BCUT2D eigenvalue weighted by atomic mass is 9.88. The highest BCUT2D eigenvalue weighted by atomic mass is 32.2. The van der Waals surface area contributed by atoms with Gasteiger partial charge < -0.3 is 0 Å². The number of terminal acetylenes is 1. The van der Waals surface area contributed by atoms with Gasteiger partial charge >= 0.3 is 0 Å². The molecule has 4 heteroatoms. The molecule has 1 heterocycles. The van der Waals surface area contributed by atoms with Crippen LogP contribution in [0.1, 0.15) is 20.3 Å². The Balaban J connectivity index is 2.94. The third kappa shape index (κ3) is 1.99. The zero-order valence-corrected chi connectivity index (χ0v) is 8.02. The zero-order chi connectivity index (χ0) is 9.41. The molecule has 0 aromatic carbocycles. The summed E-state index contributed by atoms with van der Waals surface area (Å²) in [5.41, 5.74) is -0.559. The standard InChI is InChI=1S/C8H12O3S/c1-4-8(3)5-7(2)11-12(9,10)6-8/h1,7H,5-6H2,2-3H3. The Morgan fingerprint density at radius 2 is 2.25 bits per heavy atom. The molecule has 0 N–H and O–H groups in total. The first kappa shape index (κ1) is 9.56. The lowest BCUT2D eigenvalue weighted by Crippen LogP contribution is -2.38. The molecule has 0 radical (unpaired) electrons. The van der Waals surface area contributed by atoms with Crippen molar-refractivity contribution in [2.24, 2.45) is 5.41 Å². The van der Waals surface area contributed by atoms with Crippen molar-refractivity contribution in [3.05, 3.63) is 0 Å². The van der Waals surface area contributed by atoms with Crippen molar-refractivity contribution in [2.75, 3.05) is 5.75 Å². The quantitative estimate of drug-likeness (QED) is 0.416. The minimum atomic E-state index is -3.39. The van der Waals surface area contributed by atoms with Gasteiger partial charge in [0.2, 0.25) is 0 Å². The molecule has 0 aromatic rings. The summed E-state index contributed by atoms with van der Waals surface area (Å²) < 4.78 is 27.0. The van der Waals surface area contributed by atoms with Gasteiger partial charge in [0.1, 0.15) is 0 Å². The molecule has 1 fully saturated rings. The number of hydrogen-bond donors (Lipinski definition) is 0. The fourth-order valence-corrected chi connectivity index (χ4v) is 3.12. The molecule has 0 amide bonds. The van der Waals surface area contributed by atoms with Gasteiger partial charge in [0.25, 0.3) is 10.1 Å². The molecule has 3 nitrogen and oxygen atoms in total. The lowest BCUT2D eigenvalue weighted by molar-refractivity contribution is 0.155. The molecule has 1 rings (SSSR count). The van der Waals surface area contributed by atoms with Crippen LogP contribution in [-0.2, 0) is 14.3 Å². The average Bonchev–Trinajstić information content (AvgIpc) is 1.82. The van der Waals surface area contributed by atoms with Crippen molar-refractivity contribution in [2.45, 2.75) is 26.4 Å². The summed E-state index contributed by atoms with van der Waals surface area (Å²) >= 11 is 0. The molecule has 1 saturated heterocycles. The second-order valence-electron chi connectivity index (χ2n) is 3.52. The molecular formula is C8H12O3S. The maximum Gasteiger partial charge on any atom is 0.269 e. The van der Waals surface area contributed by atoms with Gasteiger partial charge in [-0.2, -0.15) is 8.42 Å². The van der Waals surface area contributed by atoms with Crippen molar-refractivity contribution in [1.82, 2.24) is 0 Å². The van der Waals surface area contributed by atoms with Crippen LogP contribution in [0.25, 0.3) is 0 Å². The monoisotopic (exact) mass is 188 g/mol. The molecule has 2 atom stereocenters. The predicted octanol–water partition coefficient (Wildman–Crippen LogP) is 0.764. The molecule has 1 aliphatic rings. The Morgan fingerprint density at radius 3 is 2.67 bits per heavy atom. The Bertz CT molecular complexity index is 312. The van der Waals surface area contributed by atoms with Gasteiger partial charge in [-0.3, -0.25) is 4.18 Å². The van der Waals surface area contributed by atoms with E-state index in [9.17, 15) is 8.42 Å². The van der Waals surface area contributed by atoms with Crippen molar-refractivity contribution in [3.63, 3.8) is 0 Å². The molecular weight excluding hydrogens is 176 g/mol. The van der Waals surface area contributed by atoms with E-state index in [2.05, 4.69) is 5.92 Å². The van der Waals surface area contributed by atoms with E-state index < -0.39 is 15.5 Å². The zero-order valence-electron chi connectivity index (χ0n) is 7.20. The first-order chi connectivity index (χ1) is 5.37. The molecule has 68 valence electrons. The first-order valence-corrected chi connectivity index (χ1v) is 5.33. The fraction of sp³-hybridized carbons (Fsp3) is 0.750. The van der Waals surface area contributed by atoms with Gasteiger partial charge in [0.05, 0.1) is 11.9 Å². The van der Waals surface area contributed by atoms with E-state index in [1.54, 1.807) is 13.8 Å². The highest BCUT2D eigenvalue weighted by Crippen LogP contribution is 2.31. The van der Waals surface area contributed by atoms with E-state index in [0.29, 0.717) is 6.42 Å². The van der Waals surface area contributed by atoms with Crippen LogP contribution >= 0.6 is 0 Å². The summed E-state index contributed by atoms with van der Waals surface area (Å²) in [7, 11) is -3.39. The first-order valence-electron chi connectivity index (χ1n) is 3.76. The summed E-state index contributed by atoms with van der Waals surface area (Å²) in [5.74, 6) is 2.44. The molecule has 0 saturated carbocycles. The van der Waals surface area contributed by atoms with Crippen LogP contribution in [-0.4, -0.2) is 20.3 Å². The Labute approximate surface area is 73.2 Å². The van der Waals surface area contributed by atoms with E-state index >= 15 is 0 Å². The van der Waals surface area contributed by atoms with Crippen LogP contribution in [0.3, 0.4) is 0 Å². The molecule has 1 aliphatic heterocycles. The summed E-state index contributed by atoms with van der Waals surface area (Å²) in [6.45, 7) is 3.48. The van der Waals surface area contributed by atoms with Gasteiger partial charge in [-0.1, -0.05) is 5.92 Å². The SMILES string of the molecule is C#CC1(C)CC(C)OS(=O)(=O)C1. The maximum absolute atomic E-state index is 11.1. The second kappa shape index (κ2) is 2.75. The highest BCUT2D eigenvalue weighted by molar-refractivity contribution is 7.86. The normalized spacial score (nSPS) is 40.2. The van der Waals surface area contributed by atoms with E-state index in [1.165, 1.54) is 0 Å². The minimum Gasteiger partial charge on any atom is -0.267 e. The average molecular weight is 188 g/mol. The topological polar surface area (TPSA) is 43.4 Å². The smallest absolute Gasteiger partial charge is 0.267 e. The Kier molecular flexibility index (Phi) is 2.19. The van der Waals surface area contributed by atoms with E-state index in [-0.39, 0.29) is 11.9 Å². The molecule has 12 heavy (non-hydrogen) atoms. The van der Waals surface area contributed by atoms with Crippen LogP contribution in [0.2, 0.25) is 0 Å². The molecule has 0 bridgehead atoms. The van der Waals surface area contributed by atoms with Crippen LogP contribution in [0.5, 0.6) is 0 Å². The third-order valence-corrected chi connectivity index (χ3v) is 3.51. The van der Waals surface area contributed by atoms with Crippen molar-refractivity contribution in [1.29, 1.82) is 0 Å².